The first-order chi connectivity index (χ1) is 9.02. The third kappa shape index (κ3) is 2.80. The van der Waals surface area contributed by atoms with E-state index in [0.717, 1.165) is 0 Å². The predicted molar refractivity (Wildman–Crippen MR) is 71.0 cm³/mol. The summed E-state index contributed by atoms with van der Waals surface area (Å²) in [5.74, 6) is -0.292. The summed E-state index contributed by atoms with van der Waals surface area (Å²) in [7, 11) is 1.39. The largest absolute Gasteiger partial charge is 0.449 e. The van der Waals surface area contributed by atoms with Gasteiger partial charge in [-0.3, -0.25) is 4.57 Å². The van der Waals surface area contributed by atoms with Gasteiger partial charge in [0.1, 0.15) is 6.20 Å². The summed E-state index contributed by atoms with van der Waals surface area (Å²) in [4.78, 5) is 13.8. The van der Waals surface area contributed by atoms with Gasteiger partial charge in [0.15, 0.2) is 0 Å². The molecule has 0 aliphatic carbocycles. The zero-order valence-electron chi connectivity index (χ0n) is 9.84. The number of hydrogen-bond acceptors (Lipinski definition) is 4. The summed E-state index contributed by atoms with van der Waals surface area (Å²) in [5, 5.41) is 11.6. The lowest BCUT2D eigenvalue weighted by Gasteiger charge is -2.07. The van der Waals surface area contributed by atoms with Gasteiger partial charge in [0.05, 0.1) is 13.7 Å². The Morgan fingerprint density at radius 1 is 1.42 bits per heavy atom. The lowest BCUT2D eigenvalue weighted by Crippen LogP contribution is -2.02. The van der Waals surface area contributed by atoms with E-state index in [4.69, 9.17) is 27.9 Å². The molecule has 19 heavy (non-hydrogen) atoms. The topological polar surface area (TPSA) is 70.2 Å². The molecule has 0 amide bonds. The second-order valence-electron chi connectivity index (χ2n) is 3.67. The Labute approximate surface area is 118 Å². The summed E-state index contributed by atoms with van der Waals surface area (Å²) in [6.07, 6.45) is 1.28. The van der Waals surface area contributed by atoms with Crippen molar-refractivity contribution in [3.8, 4) is 6.01 Å². The summed E-state index contributed by atoms with van der Waals surface area (Å²) >= 11 is 12.1. The highest BCUT2D eigenvalue weighted by atomic mass is 35.5. The number of hydrogen-bond donors (Lipinski definition) is 0. The van der Waals surface area contributed by atoms with Gasteiger partial charge in [-0.05, 0) is 17.1 Å². The first-order valence-corrected chi connectivity index (χ1v) is 5.97. The Kier molecular flexibility index (Phi) is 3.92. The molecule has 0 atom stereocenters. The van der Waals surface area contributed by atoms with Crippen LogP contribution in [0.3, 0.4) is 0 Å². The Morgan fingerprint density at radius 3 is 2.58 bits per heavy atom. The second kappa shape index (κ2) is 5.46. The van der Waals surface area contributed by atoms with E-state index in [9.17, 15) is 10.1 Å². The average molecular weight is 302 g/mol. The maximum atomic E-state index is 10.7. The van der Waals surface area contributed by atoms with E-state index in [1.807, 2.05) is 0 Å². The molecule has 100 valence electrons. The SMILES string of the molecule is COc1nc([N+](=O)[O-])cn1Cc1c(Cl)cccc1Cl. The van der Waals surface area contributed by atoms with Crippen LogP contribution in [0.1, 0.15) is 5.56 Å². The minimum atomic E-state index is -0.590. The number of rotatable bonds is 4. The van der Waals surface area contributed by atoms with Crippen molar-refractivity contribution in [1.29, 1.82) is 0 Å². The number of imidazole rings is 1. The van der Waals surface area contributed by atoms with Crippen molar-refractivity contribution in [2.75, 3.05) is 7.11 Å². The quantitative estimate of drug-likeness (QED) is 0.642. The molecule has 0 unspecified atom stereocenters. The highest BCUT2D eigenvalue weighted by molar-refractivity contribution is 6.35. The minimum absolute atomic E-state index is 0.127. The molecule has 0 bridgehead atoms. The van der Waals surface area contributed by atoms with Crippen molar-refractivity contribution in [2.24, 2.45) is 0 Å². The number of ether oxygens (including phenoxy) is 1. The highest BCUT2D eigenvalue weighted by Gasteiger charge is 2.20. The molecule has 0 radical (unpaired) electrons. The summed E-state index contributed by atoms with van der Waals surface area (Å²) in [6, 6.07) is 5.24. The number of nitrogens with zero attached hydrogens (tertiary/aromatic N) is 3. The molecular formula is C11H9Cl2N3O3. The number of aromatic nitrogens is 2. The second-order valence-corrected chi connectivity index (χ2v) is 4.49. The molecule has 0 aliphatic heterocycles. The summed E-state index contributed by atoms with van der Waals surface area (Å²) in [6.45, 7) is 0.239. The van der Waals surface area contributed by atoms with Crippen LogP contribution in [0.2, 0.25) is 10.0 Å². The maximum Gasteiger partial charge on any atom is 0.414 e. The van der Waals surface area contributed by atoms with Crippen molar-refractivity contribution in [2.45, 2.75) is 6.54 Å². The van der Waals surface area contributed by atoms with Gasteiger partial charge in [0.25, 0.3) is 0 Å². The average Bonchev–Trinajstić information content (AvgIpc) is 2.77. The van der Waals surface area contributed by atoms with E-state index >= 15 is 0 Å². The van der Waals surface area contributed by atoms with Crippen LogP contribution in [0.25, 0.3) is 0 Å². The third-order valence-electron chi connectivity index (χ3n) is 2.49. The number of halogens is 2. The number of methoxy groups -OCH3 is 1. The van der Waals surface area contributed by atoms with Crippen LogP contribution in [0.15, 0.2) is 24.4 Å². The van der Waals surface area contributed by atoms with E-state index < -0.39 is 4.92 Å². The molecule has 8 heteroatoms. The molecule has 2 rings (SSSR count). The molecule has 0 saturated heterocycles. The lowest BCUT2D eigenvalue weighted by molar-refractivity contribution is -0.389. The molecule has 0 aliphatic rings. The first kappa shape index (κ1) is 13.6. The highest BCUT2D eigenvalue weighted by Crippen LogP contribution is 2.27. The van der Waals surface area contributed by atoms with Crippen LogP contribution < -0.4 is 4.74 Å². The molecule has 0 spiro atoms. The summed E-state index contributed by atoms with van der Waals surface area (Å²) in [5.41, 5.74) is 0.649. The van der Waals surface area contributed by atoms with E-state index in [-0.39, 0.29) is 18.4 Å². The van der Waals surface area contributed by atoms with Crippen LogP contribution in [0, 0.1) is 10.1 Å². The zero-order valence-corrected chi connectivity index (χ0v) is 11.4. The van der Waals surface area contributed by atoms with Crippen LogP contribution in [0.4, 0.5) is 5.82 Å². The molecule has 2 aromatic rings. The van der Waals surface area contributed by atoms with Crippen molar-refractivity contribution in [3.63, 3.8) is 0 Å². The lowest BCUT2D eigenvalue weighted by atomic mass is 10.2. The molecule has 1 heterocycles. The Hall–Kier alpha value is -1.79. The van der Waals surface area contributed by atoms with Crippen molar-refractivity contribution in [1.82, 2.24) is 9.55 Å². The van der Waals surface area contributed by atoms with Gasteiger partial charge >= 0.3 is 11.8 Å². The van der Waals surface area contributed by atoms with Crippen molar-refractivity contribution >= 4 is 29.0 Å². The predicted octanol–water partition coefficient (Wildman–Crippen LogP) is 3.16. The van der Waals surface area contributed by atoms with Crippen LogP contribution in [0.5, 0.6) is 6.01 Å². The summed E-state index contributed by atoms with van der Waals surface area (Å²) < 4.78 is 6.47. The van der Waals surface area contributed by atoms with Gasteiger partial charge in [-0.15, -0.1) is 0 Å². The molecule has 1 aromatic heterocycles. The van der Waals surface area contributed by atoms with Crippen molar-refractivity contribution < 1.29 is 9.66 Å². The smallest absolute Gasteiger partial charge is 0.414 e. The third-order valence-corrected chi connectivity index (χ3v) is 3.20. The molecular weight excluding hydrogens is 293 g/mol. The Balaban J connectivity index is 2.40. The number of nitro groups is 1. The number of benzene rings is 1. The van der Waals surface area contributed by atoms with Gasteiger partial charge in [0, 0.05) is 20.6 Å². The van der Waals surface area contributed by atoms with Gasteiger partial charge < -0.3 is 14.9 Å². The zero-order chi connectivity index (χ0) is 14.0. The first-order valence-electron chi connectivity index (χ1n) is 5.21. The van der Waals surface area contributed by atoms with Crippen molar-refractivity contribution in [3.05, 3.63) is 50.1 Å². The molecule has 1 aromatic carbocycles. The Bertz CT molecular complexity index is 607. The van der Waals surface area contributed by atoms with E-state index in [2.05, 4.69) is 4.98 Å². The molecule has 6 nitrogen and oxygen atoms in total. The fourth-order valence-electron chi connectivity index (χ4n) is 1.60. The maximum absolute atomic E-state index is 10.7. The van der Waals surface area contributed by atoms with Crippen LogP contribution in [-0.2, 0) is 6.54 Å². The van der Waals surface area contributed by atoms with Crippen LogP contribution >= 0.6 is 23.2 Å². The van der Waals surface area contributed by atoms with Gasteiger partial charge in [-0.2, -0.15) is 0 Å². The fraction of sp³-hybridized carbons (Fsp3) is 0.182. The molecule has 0 N–H and O–H groups in total. The fourth-order valence-corrected chi connectivity index (χ4v) is 2.12. The normalized spacial score (nSPS) is 10.5. The van der Waals surface area contributed by atoms with Crippen LogP contribution in [-0.4, -0.2) is 21.6 Å². The van der Waals surface area contributed by atoms with Gasteiger partial charge in [-0.25, -0.2) is 0 Å². The van der Waals surface area contributed by atoms with E-state index in [1.165, 1.54) is 17.9 Å². The Morgan fingerprint density at radius 2 is 2.05 bits per heavy atom. The molecule has 0 fully saturated rings. The monoisotopic (exact) mass is 301 g/mol. The minimum Gasteiger partial charge on any atom is -0.449 e. The van der Waals surface area contributed by atoms with Gasteiger partial charge in [-0.1, -0.05) is 29.3 Å². The van der Waals surface area contributed by atoms with Gasteiger partial charge in [0.2, 0.25) is 0 Å². The van der Waals surface area contributed by atoms with E-state index in [0.29, 0.717) is 15.6 Å². The van der Waals surface area contributed by atoms with E-state index in [1.54, 1.807) is 18.2 Å². The molecule has 0 saturated carbocycles. The standard InChI is InChI=1S/C11H9Cl2N3O3/c1-19-11-14-10(16(17)18)6-15(11)5-7-8(12)3-2-4-9(7)13/h2-4,6H,5H2,1H3.